The molecule has 1 aromatic carbocycles. The average molecular weight is 509 g/mol. The average Bonchev–Trinajstić information content (AvgIpc) is 3.19. The Morgan fingerprint density at radius 1 is 1.21 bits per heavy atom. The monoisotopic (exact) mass is 509 g/mol. The first-order valence-electron chi connectivity index (χ1n) is 10.1. The molecular weight excluding hydrogens is 477 g/mol. The third kappa shape index (κ3) is 7.11. The van der Waals surface area contributed by atoms with Gasteiger partial charge in [0.1, 0.15) is 12.2 Å². The second kappa shape index (κ2) is 12.6. The molecule has 2 heterocycles. The summed E-state index contributed by atoms with van der Waals surface area (Å²) in [5.74, 6) is 1.97. The van der Waals surface area contributed by atoms with Crippen LogP contribution in [-0.4, -0.2) is 69.8 Å². The van der Waals surface area contributed by atoms with Crippen LogP contribution in [0.25, 0.3) is 0 Å². The summed E-state index contributed by atoms with van der Waals surface area (Å²) in [6.07, 6.45) is 4.54. The number of nitrogens with one attached hydrogen (secondary N) is 1. The van der Waals surface area contributed by atoms with Crippen molar-refractivity contribution < 1.29 is 0 Å². The summed E-state index contributed by atoms with van der Waals surface area (Å²) in [6, 6.07) is 10.7. The normalized spacial score (nSPS) is 15.1. The van der Waals surface area contributed by atoms with Crippen molar-refractivity contribution in [2.24, 2.45) is 4.99 Å². The molecule has 0 bridgehead atoms. The fraction of sp³-hybridized carbons (Fsp3) is 0.476. The molecule has 1 aliphatic heterocycles. The zero-order valence-corrected chi connectivity index (χ0v) is 19.5. The lowest BCUT2D eigenvalue weighted by atomic mass is 10.2. The van der Waals surface area contributed by atoms with Gasteiger partial charge in [-0.3, -0.25) is 9.89 Å². The molecule has 0 aliphatic carbocycles. The maximum Gasteiger partial charge on any atom is 0.194 e. The summed E-state index contributed by atoms with van der Waals surface area (Å²) in [4.78, 5) is 9.68. The molecule has 0 unspecified atom stereocenters. The molecule has 0 atom stereocenters. The summed E-state index contributed by atoms with van der Waals surface area (Å²) in [7, 11) is 0. The van der Waals surface area contributed by atoms with Gasteiger partial charge in [-0.1, -0.05) is 43.3 Å². The van der Waals surface area contributed by atoms with Crippen LogP contribution in [0.4, 0.5) is 0 Å². The van der Waals surface area contributed by atoms with Crippen molar-refractivity contribution in [3.8, 4) is 0 Å². The van der Waals surface area contributed by atoms with Crippen LogP contribution in [-0.2, 0) is 19.5 Å². The highest BCUT2D eigenvalue weighted by Crippen LogP contribution is 2.08. The topological polar surface area (TPSA) is 61.6 Å². The third-order valence-corrected chi connectivity index (χ3v) is 4.94. The van der Waals surface area contributed by atoms with E-state index in [1.165, 1.54) is 5.56 Å². The zero-order valence-electron chi connectivity index (χ0n) is 17.2. The first-order valence-corrected chi connectivity index (χ1v) is 10.1. The molecule has 29 heavy (non-hydrogen) atoms. The molecule has 0 saturated carbocycles. The number of halogens is 1. The smallest absolute Gasteiger partial charge is 0.194 e. The maximum atomic E-state index is 4.83. The van der Waals surface area contributed by atoms with Crippen molar-refractivity contribution >= 4 is 29.9 Å². The molecular formula is C21H32IN7. The number of hydrogen-bond acceptors (Lipinski definition) is 4. The fourth-order valence-corrected chi connectivity index (χ4v) is 3.39. The van der Waals surface area contributed by atoms with Crippen molar-refractivity contribution in [3.63, 3.8) is 0 Å². The van der Waals surface area contributed by atoms with Gasteiger partial charge < -0.3 is 14.8 Å². The standard InChI is InChI=1S/C21H31N7.HI/c1-3-10-22-21(23-11-12-28-18-24-25-20(28)4-2)27-15-13-26(14-16-27)17-19-8-6-5-7-9-19;/h3,5-9,18H,1,4,10-17H2,2H3,(H,22,23);1H. The van der Waals surface area contributed by atoms with Crippen LogP contribution in [0.5, 0.6) is 0 Å². The van der Waals surface area contributed by atoms with Gasteiger partial charge in [-0.05, 0) is 5.56 Å². The Hall–Kier alpha value is -1.94. The lowest BCUT2D eigenvalue weighted by Crippen LogP contribution is -2.52. The molecule has 158 valence electrons. The molecule has 3 rings (SSSR count). The van der Waals surface area contributed by atoms with E-state index in [1.54, 1.807) is 6.33 Å². The van der Waals surface area contributed by atoms with Crippen LogP contribution >= 0.6 is 24.0 Å². The van der Waals surface area contributed by atoms with E-state index >= 15 is 0 Å². The summed E-state index contributed by atoms with van der Waals surface area (Å²) >= 11 is 0. The van der Waals surface area contributed by atoms with Crippen molar-refractivity contribution in [1.82, 2.24) is 29.9 Å². The van der Waals surface area contributed by atoms with Crippen molar-refractivity contribution in [2.45, 2.75) is 26.4 Å². The molecule has 0 amide bonds. The van der Waals surface area contributed by atoms with Gasteiger partial charge in [0, 0.05) is 52.2 Å². The van der Waals surface area contributed by atoms with E-state index in [0.717, 1.165) is 64.0 Å². The number of hydrogen-bond donors (Lipinski definition) is 1. The van der Waals surface area contributed by atoms with Crippen molar-refractivity contribution in [1.29, 1.82) is 0 Å². The number of aliphatic imine (C=N–C) groups is 1. The number of guanidine groups is 1. The minimum absolute atomic E-state index is 0. The third-order valence-electron chi connectivity index (χ3n) is 4.94. The van der Waals surface area contributed by atoms with E-state index < -0.39 is 0 Å². The Balaban J connectivity index is 0.00000300. The SMILES string of the molecule is C=CCNC(=NCCn1cnnc1CC)N1CCN(Cc2ccccc2)CC1.I. The molecule has 1 saturated heterocycles. The van der Waals surface area contributed by atoms with Crippen LogP contribution < -0.4 is 5.32 Å². The van der Waals surface area contributed by atoms with Crippen LogP contribution in [0, 0.1) is 0 Å². The molecule has 0 radical (unpaired) electrons. The summed E-state index contributed by atoms with van der Waals surface area (Å²) in [5.41, 5.74) is 1.37. The number of aryl methyl sites for hydroxylation is 1. The van der Waals surface area contributed by atoms with E-state index in [4.69, 9.17) is 4.99 Å². The van der Waals surface area contributed by atoms with E-state index in [1.807, 2.05) is 6.08 Å². The van der Waals surface area contributed by atoms with Crippen LogP contribution in [0.2, 0.25) is 0 Å². The fourth-order valence-electron chi connectivity index (χ4n) is 3.39. The minimum Gasteiger partial charge on any atom is -0.353 e. The predicted molar refractivity (Wildman–Crippen MR) is 129 cm³/mol. The largest absolute Gasteiger partial charge is 0.353 e. The Morgan fingerprint density at radius 3 is 2.66 bits per heavy atom. The van der Waals surface area contributed by atoms with E-state index in [2.05, 4.69) is 73.7 Å². The summed E-state index contributed by atoms with van der Waals surface area (Å²) in [5, 5.41) is 11.5. The molecule has 2 aromatic rings. The van der Waals surface area contributed by atoms with Gasteiger partial charge in [0.05, 0.1) is 6.54 Å². The first kappa shape index (κ1) is 23.3. The Bertz CT molecular complexity index is 751. The second-order valence-corrected chi connectivity index (χ2v) is 6.92. The molecule has 0 spiro atoms. The highest BCUT2D eigenvalue weighted by molar-refractivity contribution is 14.0. The summed E-state index contributed by atoms with van der Waals surface area (Å²) in [6.45, 7) is 13.2. The highest BCUT2D eigenvalue weighted by Gasteiger charge is 2.19. The van der Waals surface area contributed by atoms with Gasteiger partial charge in [0.15, 0.2) is 5.96 Å². The highest BCUT2D eigenvalue weighted by atomic mass is 127. The van der Waals surface area contributed by atoms with Crippen molar-refractivity contribution in [2.75, 3.05) is 39.3 Å². The molecule has 7 nitrogen and oxygen atoms in total. The molecule has 1 aliphatic rings. The minimum atomic E-state index is 0. The number of nitrogens with zero attached hydrogens (tertiary/aromatic N) is 6. The maximum absolute atomic E-state index is 4.83. The van der Waals surface area contributed by atoms with Gasteiger partial charge in [0.2, 0.25) is 0 Å². The number of piperazine rings is 1. The molecule has 8 heteroatoms. The lowest BCUT2D eigenvalue weighted by Gasteiger charge is -2.36. The van der Waals surface area contributed by atoms with Crippen LogP contribution in [0.1, 0.15) is 18.3 Å². The van der Waals surface area contributed by atoms with Gasteiger partial charge in [0.25, 0.3) is 0 Å². The zero-order chi connectivity index (χ0) is 19.6. The van der Waals surface area contributed by atoms with Gasteiger partial charge in [-0.2, -0.15) is 0 Å². The van der Waals surface area contributed by atoms with Crippen molar-refractivity contribution in [3.05, 3.63) is 60.7 Å². The predicted octanol–water partition coefficient (Wildman–Crippen LogP) is 2.41. The molecule has 1 fully saturated rings. The Kier molecular flexibility index (Phi) is 10.1. The number of rotatable bonds is 8. The van der Waals surface area contributed by atoms with Crippen LogP contribution in [0.15, 0.2) is 54.3 Å². The Labute approximate surface area is 190 Å². The van der Waals surface area contributed by atoms with Gasteiger partial charge in [-0.25, -0.2) is 0 Å². The quantitative estimate of drug-likeness (QED) is 0.257. The van der Waals surface area contributed by atoms with E-state index in [-0.39, 0.29) is 24.0 Å². The number of benzene rings is 1. The lowest BCUT2D eigenvalue weighted by molar-refractivity contribution is 0.172. The molecule has 1 aromatic heterocycles. The second-order valence-electron chi connectivity index (χ2n) is 6.92. The first-order chi connectivity index (χ1) is 13.8. The van der Waals surface area contributed by atoms with E-state index in [9.17, 15) is 0 Å². The Morgan fingerprint density at radius 2 is 1.97 bits per heavy atom. The van der Waals surface area contributed by atoms with Gasteiger partial charge in [-0.15, -0.1) is 40.8 Å². The van der Waals surface area contributed by atoms with Crippen LogP contribution in [0.3, 0.4) is 0 Å². The number of aromatic nitrogens is 3. The molecule has 1 N–H and O–H groups in total. The van der Waals surface area contributed by atoms with E-state index in [0.29, 0.717) is 6.54 Å². The van der Waals surface area contributed by atoms with Gasteiger partial charge >= 0.3 is 0 Å². The summed E-state index contributed by atoms with van der Waals surface area (Å²) < 4.78 is 2.08.